The minimum atomic E-state index is -1.77. The molecule has 2 fully saturated rings. The lowest BCUT2D eigenvalue weighted by Gasteiger charge is -2.46. The predicted molar refractivity (Wildman–Crippen MR) is 147 cm³/mol. The first-order chi connectivity index (χ1) is 17.8. The minimum absolute atomic E-state index is 0.0203. The SMILES string of the molecule is CC[C@H](C)C[C@@H](C)C=C(C)[C@@H]1O[C@H](c2c(O)c([C@@]3(O)CCC(OC)(OC)C[C@@H]3O)cn(C)c2=O)CC[C@H]1C. The average Bonchev–Trinajstić information content (AvgIpc) is 2.88. The second-order valence-electron chi connectivity index (χ2n) is 11.9. The van der Waals surface area contributed by atoms with Crippen LogP contribution in [0.3, 0.4) is 0 Å². The lowest BCUT2D eigenvalue weighted by atomic mass is 9.74. The van der Waals surface area contributed by atoms with E-state index in [2.05, 4.69) is 40.7 Å². The van der Waals surface area contributed by atoms with Crippen LogP contribution in [-0.2, 0) is 26.9 Å². The third-order valence-corrected chi connectivity index (χ3v) is 9.04. The van der Waals surface area contributed by atoms with Crippen molar-refractivity contribution in [1.82, 2.24) is 4.57 Å². The first-order valence-electron chi connectivity index (χ1n) is 14.1. The highest BCUT2D eigenvalue weighted by molar-refractivity contribution is 5.44. The molecule has 0 radical (unpaired) electrons. The van der Waals surface area contributed by atoms with E-state index in [9.17, 15) is 20.1 Å². The molecule has 8 nitrogen and oxygen atoms in total. The maximum Gasteiger partial charge on any atom is 0.259 e. The molecule has 3 rings (SSSR count). The first-order valence-corrected chi connectivity index (χ1v) is 14.1. The van der Waals surface area contributed by atoms with Gasteiger partial charge in [0.15, 0.2) is 5.79 Å². The zero-order valence-electron chi connectivity index (χ0n) is 24.5. The summed E-state index contributed by atoms with van der Waals surface area (Å²) in [6, 6.07) is 0. The van der Waals surface area contributed by atoms with Crippen molar-refractivity contribution < 1.29 is 29.5 Å². The molecule has 1 saturated carbocycles. The zero-order valence-corrected chi connectivity index (χ0v) is 24.5. The van der Waals surface area contributed by atoms with Crippen molar-refractivity contribution >= 4 is 0 Å². The highest BCUT2D eigenvalue weighted by Crippen LogP contribution is 2.48. The lowest BCUT2D eigenvalue weighted by molar-refractivity contribution is -0.269. The van der Waals surface area contributed by atoms with Gasteiger partial charge in [0.2, 0.25) is 0 Å². The molecular formula is C30H49NO7. The number of aliphatic hydroxyl groups excluding tert-OH is 1. The Bertz CT molecular complexity index is 1050. The Morgan fingerprint density at radius 3 is 2.50 bits per heavy atom. The van der Waals surface area contributed by atoms with Crippen molar-refractivity contribution in [2.45, 2.75) is 109 Å². The first kappa shape index (κ1) is 30.8. The number of methoxy groups -OCH3 is 2. The number of hydrogen-bond acceptors (Lipinski definition) is 7. The summed E-state index contributed by atoms with van der Waals surface area (Å²) in [7, 11) is 4.59. The van der Waals surface area contributed by atoms with Gasteiger partial charge in [-0.05, 0) is 55.9 Å². The molecule has 0 bridgehead atoms. The van der Waals surface area contributed by atoms with Crippen molar-refractivity contribution in [1.29, 1.82) is 0 Å². The number of aryl methyl sites for hydroxylation is 1. The minimum Gasteiger partial charge on any atom is -0.507 e. The maximum atomic E-state index is 13.3. The Morgan fingerprint density at radius 1 is 1.26 bits per heavy atom. The summed E-state index contributed by atoms with van der Waals surface area (Å²) < 4.78 is 18.9. The second kappa shape index (κ2) is 12.2. The average molecular weight is 536 g/mol. The molecule has 216 valence electrons. The number of aromatic nitrogens is 1. The Balaban J connectivity index is 1.95. The third-order valence-electron chi connectivity index (χ3n) is 9.04. The van der Waals surface area contributed by atoms with Gasteiger partial charge in [0.1, 0.15) is 11.4 Å². The largest absolute Gasteiger partial charge is 0.507 e. The van der Waals surface area contributed by atoms with Gasteiger partial charge in [-0.15, -0.1) is 0 Å². The molecule has 1 saturated heterocycles. The standard InChI is InChI=1S/C30H49NO7/c1-9-18(2)14-19(3)15-21(5)27-20(4)10-11-23(38-27)25-26(33)22(17-31(6)28(25)34)30(35)13-12-29(36-7,37-8)16-24(30)32/h15,17-20,23-24,27,32-33,35H,9-14,16H2,1-8H3/t18-,19+,20+,23-,24-,27+,30-/m0/s1. The number of pyridine rings is 1. The molecule has 1 aliphatic heterocycles. The van der Waals surface area contributed by atoms with Gasteiger partial charge in [-0.25, -0.2) is 0 Å². The van der Waals surface area contributed by atoms with Crippen LogP contribution in [0.25, 0.3) is 0 Å². The van der Waals surface area contributed by atoms with E-state index in [0.29, 0.717) is 24.7 Å². The molecule has 2 heterocycles. The maximum absolute atomic E-state index is 13.3. The van der Waals surface area contributed by atoms with Gasteiger partial charge in [-0.2, -0.15) is 0 Å². The van der Waals surface area contributed by atoms with Gasteiger partial charge in [0.25, 0.3) is 5.56 Å². The molecule has 1 aromatic heterocycles. The van der Waals surface area contributed by atoms with Gasteiger partial charge in [-0.1, -0.05) is 40.2 Å². The molecule has 3 N–H and O–H groups in total. The Kier molecular flexibility index (Phi) is 9.91. The van der Waals surface area contributed by atoms with Crippen LogP contribution in [0, 0.1) is 17.8 Å². The van der Waals surface area contributed by atoms with E-state index in [-0.39, 0.29) is 47.3 Å². The number of hydrogen-bond donors (Lipinski definition) is 3. The third kappa shape index (κ3) is 6.04. The molecule has 2 aliphatic rings. The van der Waals surface area contributed by atoms with E-state index >= 15 is 0 Å². The molecule has 1 aromatic rings. The summed E-state index contributed by atoms with van der Waals surface area (Å²) in [5.74, 6) is 0.0125. The molecule has 8 heteroatoms. The summed E-state index contributed by atoms with van der Waals surface area (Å²) in [5.41, 5.74) is -0.738. The fraction of sp³-hybridized carbons (Fsp3) is 0.767. The van der Waals surface area contributed by atoms with Crippen LogP contribution in [0.5, 0.6) is 5.75 Å². The van der Waals surface area contributed by atoms with Crippen LogP contribution in [-0.4, -0.2) is 52.1 Å². The van der Waals surface area contributed by atoms with Crippen LogP contribution in [0.2, 0.25) is 0 Å². The normalized spacial score (nSPS) is 31.7. The van der Waals surface area contributed by atoms with E-state index in [1.807, 2.05) is 0 Å². The fourth-order valence-corrected chi connectivity index (χ4v) is 6.36. The van der Waals surface area contributed by atoms with Crippen molar-refractivity contribution in [3.63, 3.8) is 0 Å². The summed E-state index contributed by atoms with van der Waals surface area (Å²) in [6.45, 7) is 10.9. The molecule has 0 aromatic carbocycles. The second-order valence-corrected chi connectivity index (χ2v) is 11.9. The summed E-state index contributed by atoms with van der Waals surface area (Å²) in [4.78, 5) is 13.3. The predicted octanol–water partition coefficient (Wildman–Crippen LogP) is 4.69. The van der Waals surface area contributed by atoms with Crippen LogP contribution in [0.1, 0.15) is 96.8 Å². The fourth-order valence-electron chi connectivity index (χ4n) is 6.36. The number of ether oxygens (including phenoxy) is 3. The number of nitrogens with zero attached hydrogens (tertiary/aromatic N) is 1. The van der Waals surface area contributed by atoms with Crippen molar-refractivity contribution in [3.8, 4) is 5.75 Å². The van der Waals surface area contributed by atoms with Crippen molar-refractivity contribution in [3.05, 3.63) is 39.3 Å². The Labute approximate surface area is 227 Å². The van der Waals surface area contributed by atoms with Crippen molar-refractivity contribution in [2.75, 3.05) is 14.2 Å². The quantitative estimate of drug-likeness (QED) is 0.311. The van der Waals surface area contributed by atoms with Crippen LogP contribution in [0.15, 0.2) is 22.6 Å². The molecule has 1 aliphatic carbocycles. The van der Waals surface area contributed by atoms with Crippen LogP contribution >= 0.6 is 0 Å². The summed E-state index contributed by atoms with van der Waals surface area (Å²) in [6.07, 6.45) is 5.72. The van der Waals surface area contributed by atoms with Gasteiger partial charge in [-0.3, -0.25) is 4.79 Å². The highest BCUT2D eigenvalue weighted by Gasteiger charge is 2.51. The molecular weight excluding hydrogens is 486 g/mol. The lowest BCUT2D eigenvalue weighted by Crippen LogP contribution is -2.53. The number of rotatable bonds is 9. The number of allylic oxidation sites excluding steroid dienone is 1. The summed E-state index contributed by atoms with van der Waals surface area (Å²) >= 11 is 0. The van der Waals surface area contributed by atoms with Crippen LogP contribution in [0.4, 0.5) is 0 Å². The van der Waals surface area contributed by atoms with E-state index in [1.54, 1.807) is 7.05 Å². The summed E-state index contributed by atoms with van der Waals surface area (Å²) in [5, 5.41) is 34.1. The molecule has 0 unspecified atom stereocenters. The van der Waals surface area contributed by atoms with E-state index in [0.717, 1.165) is 24.8 Å². The molecule has 0 spiro atoms. The van der Waals surface area contributed by atoms with E-state index in [4.69, 9.17) is 14.2 Å². The monoisotopic (exact) mass is 535 g/mol. The van der Waals surface area contributed by atoms with Crippen LogP contribution < -0.4 is 5.56 Å². The Hall–Kier alpha value is -1.71. The number of aliphatic hydroxyl groups is 2. The van der Waals surface area contributed by atoms with Gasteiger partial charge in [0, 0.05) is 45.9 Å². The van der Waals surface area contributed by atoms with Gasteiger partial charge in [0.05, 0.1) is 23.9 Å². The zero-order chi connectivity index (χ0) is 28.4. The van der Waals surface area contributed by atoms with Crippen molar-refractivity contribution in [2.24, 2.45) is 24.8 Å². The molecule has 7 atom stereocenters. The molecule has 0 amide bonds. The smallest absolute Gasteiger partial charge is 0.259 e. The molecule has 38 heavy (non-hydrogen) atoms. The van der Waals surface area contributed by atoms with E-state index < -0.39 is 23.6 Å². The Morgan fingerprint density at radius 2 is 1.92 bits per heavy atom. The van der Waals surface area contributed by atoms with Gasteiger partial charge >= 0.3 is 0 Å². The number of aromatic hydroxyl groups is 1. The van der Waals surface area contributed by atoms with E-state index in [1.165, 1.54) is 25.0 Å². The topological polar surface area (TPSA) is 110 Å². The van der Waals surface area contributed by atoms with Gasteiger partial charge < -0.3 is 34.1 Å². The highest BCUT2D eigenvalue weighted by atomic mass is 16.7.